The van der Waals surface area contributed by atoms with Gasteiger partial charge in [0.25, 0.3) is 11.6 Å². The zero-order valence-electron chi connectivity index (χ0n) is 14.6. The number of oxime groups is 1. The normalized spacial score (nSPS) is 20.6. The molecule has 140 valence electrons. The minimum atomic E-state index is -1.08. The maximum absolute atomic E-state index is 12.9. The number of ketones is 1. The van der Waals surface area contributed by atoms with Gasteiger partial charge in [-0.05, 0) is 43.3 Å². The average Bonchev–Trinajstić information content (AvgIpc) is 3.22. The molecule has 0 radical (unpaired) electrons. The lowest BCUT2D eigenvalue weighted by molar-refractivity contribution is -0.384. The molecular weight excluding hydrogens is 366 g/mol. The molecule has 4 rings (SSSR count). The maximum Gasteiger partial charge on any atom is 0.278 e. The SMILES string of the molecule is CC(=O)c1ccc(N2C(=O)C3ON=C(c4ccc([N+](=O)[O-])cc4)C3C2=O)cc1. The van der Waals surface area contributed by atoms with Crippen molar-refractivity contribution in [2.75, 3.05) is 4.90 Å². The van der Waals surface area contributed by atoms with Gasteiger partial charge in [0.2, 0.25) is 12.0 Å². The van der Waals surface area contributed by atoms with Crippen molar-refractivity contribution in [3.05, 3.63) is 69.8 Å². The van der Waals surface area contributed by atoms with Crippen molar-refractivity contribution in [1.82, 2.24) is 0 Å². The second kappa shape index (κ2) is 6.38. The number of carbonyl (C=O) groups is 3. The summed E-state index contributed by atoms with van der Waals surface area (Å²) in [6.45, 7) is 1.42. The van der Waals surface area contributed by atoms with Crippen molar-refractivity contribution in [2.45, 2.75) is 13.0 Å². The van der Waals surface area contributed by atoms with E-state index in [-0.39, 0.29) is 17.2 Å². The summed E-state index contributed by atoms with van der Waals surface area (Å²) in [6, 6.07) is 11.6. The van der Waals surface area contributed by atoms with Gasteiger partial charge in [0.15, 0.2) is 5.78 Å². The summed E-state index contributed by atoms with van der Waals surface area (Å²) in [6.07, 6.45) is -1.08. The first-order valence-electron chi connectivity index (χ1n) is 8.36. The van der Waals surface area contributed by atoms with Crippen LogP contribution in [0.25, 0.3) is 0 Å². The Morgan fingerprint density at radius 1 is 1.07 bits per heavy atom. The summed E-state index contributed by atoms with van der Waals surface area (Å²) in [7, 11) is 0. The fourth-order valence-corrected chi connectivity index (χ4v) is 3.27. The van der Waals surface area contributed by atoms with Crippen molar-refractivity contribution < 1.29 is 24.1 Å². The van der Waals surface area contributed by atoms with Crippen LogP contribution in [0, 0.1) is 16.0 Å². The molecule has 0 spiro atoms. The molecule has 0 aromatic heterocycles. The molecule has 2 aliphatic rings. The smallest absolute Gasteiger partial charge is 0.278 e. The molecule has 2 atom stereocenters. The number of nitro groups is 1. The molecule has 0 aliphatic carbocycles. The minimum Gasteiger partial charge on any atom is -0.381 e. The molecule has 2 amide bonds. The molecule has 28 heavy (non-hydrogen) atoms. The van der Waals surface area contributed by atoms with Gasteiger partial charge < -0.3 is 4.84 Å². The van der Waals surface area contributed by atoms with E-state index < -0.39 is 28.8 Å². The lowest BCUT2D eigenvalue weighted by Crippen LogP contribution is -2.33. The molecule has 0 N–H and O–H groups in total. The molecule has 1 fully saturated rings. The molecule has 0 saturated carbocycles. The number of Topliss-reactive ketones (excluding diaryl/α,β-unsaturated/α-hetero) is 1. The number of hydrogen-bond donors (Lipinski definition) is 0. The number of amides is 2. The van der Waals surface area contributed by atoms with Crippen LogP contribution in [0.5, 0.6) is 0 Å². The fraction of sp³-hybridized carbons (Fsp3) is 0.158. The molecular formula is C19H13N3O6. The Bertz CT molecular complexity index is 1040. The number of imide groups is 1. The predicted molar refractivity (Wildman–Crippen MR) is 96.9 cm³/mol. The summed E-state index contributed by atoms with van der Waals surface area (Å²) >= 11 is 0. The predicted octanol–water partition coefficient (Wildman–Crippen LogP) is 2.09. The van der Waals surface area contributed by atoms with Gasteiger partial charge in [0, 0.05) is 23.3 Å². The zero-order chi connectivity index (χ0) is 20.0. The Labute approximate surface area is 158 Å². The Hall–Kier alpha value is -3.88. The maximum atomic E-state index is 12.9. The third kappa shape index (κ3) is 2.64. The van der Waals surface area contributed by atoms with Gasteiger partial charge in [-0.3, -0.25) is 24.5 Å². The first kappa shape index (κ1) is 17.5. The summed E-state index contributed by atoms with van der Waals surface area (Å²) in [5, 5.41) is 14.7. The third-order valence-corrected chi connectivity index (χ3v) is 4.72. The van der Waals surface area contributed by atoms with Crippen molar-refractivity contribution in [3.63, 3.8) is 0 Å². The van der Waals surface area contributed by atoms with Crippen LogP contribution in [0.4, 0.5) is 11.4 Å². The number of carbonyl (C=O) groups excluding carboxylic acids is 3. The fourth-order valence-electron chi connectivity index (χ4n) is 3.27. The average molecular weight is 379 g/mol. The number of rotatable bonds is 4. The van der Waals surface area contributed by atoms with Crippen molar-refractivity contribution in [3.8, 4) is 0 Å². The molecule has 2 aromatic carbocycles. The van der Waals surface area contributed by atoms with Gasteiger partial charge in [-0.2, -0.15) is 0 Å². The van der Waals surface area contributed by atoms with E-state index in [4.69, 9.17) is 4.84 Å². The first-order valence-corrected chi connectivity index (χ1v) is 8.36. The molecule has 2 aliphatic heterocycles. The monoisotopic (exact) mass is 379 g/mol. The van der Waals surface area contributed by atoms with Gasteiger partial charge in [-0.1, -0.05) is 5.16 Å². The number of fused-ring (bicyclic) bond motifs is 1. The van der Waals surface area contributed by atoms with Gasteiger partial charge >= 0.3 is 0 Å². The highest BCUT2D eigenvalue weighted by Crippen LogP contribution is 2.35. The molecule has 2 aromatic rings. The van der Waals surface area contributed by atoms with Crippen LogP contribution in [-0.2, 0) is 14.4 Å². The number of hydrogen-bond acceptors (Lipinski definition) is 7. The number of anilines is 1. The molecule has 2 heterocycles. The largest absolute Gasteiger partial charge is 0.381 e. The quantitative estimate of drug-likeness (QED) is 0.347. The molecule has 0 bridgehead atoms. The summed E-state index contributed by atoms with van der Waals surface area (Å²) < 4.78 is 0. The standard InChI is InChI=1S/C19H13N3O6/c1-10(23)11-2-6-13(7-3-11)21-18(24)15-16(20-28-17(15)19(21)25)12-4-8-14(9-5-12)22(26)27/h2-9,15,17H,1H3. The van der Waals surface area contributed by atoms with E-state index in [9.17, 15) is 24.5 Å². The Morgan fingerprint density at radius 2 is 1.71 bits per heavy atom. The highest BCUT2D eigenvalue weighted by Gasteiger charge is 2.56. The molecule has 2 unspecified atom stereocenters. The van der Waals surface area contributed by atoms with E-state index in [2.05, 4.69) is 5.16 Å². The molecule has 1 saturated heterocycles. The lowest BCUT2D eigenvalue weighted by Gasteiger charge is -2.15. The van der Waals surface area contributed by atoms with Crippen LogP contribution in [0.1, 0.15) is 22.8 Å². The molecule has 9 heteroatoms. The first-order chi connectivity index (χ1) is 13.4. The lowest BCUT2D eigenvalue weighted by atomic mass is 9.94. The van der Waals surface area contributed by atoms with E-state index in [1.54, 1.807) is 12.1 Å². The minimum absolute atomic E-state index is 0.0965. The summed E-state index contributed by atoms with van der Waals surface area (Å²) in [5.41, 5.74) is 1.42. The van der Waals surface area contributed by atoms with Crippen molar-refractivity contribution in [2.24, 2.45) is 11.1 Å². The van der Waals surface area contributed by atoms with Crippen LogP contribution in [0.2, 0.25) is 0 Å². The number of non-ortho nitro benzene ring substituents is 1. The Morgan fingerprint density at radius 3 is 2.29 bits per heavy atom. The highest BCUT2D eigenvalue weighted by atomic mass is 16.7. The third-order valence-electron chi connectivity index (χ3n) is 4.72. The second-order valence-electron chi connectivity index (χ2n) is 6.40. The van der Waals surface area contributed by atoms with E-state index in [0.29, 0.717) is 16.8 Å². The van der Waals surface area contributed by atoms with E-state index in [1.807, 2.05) is 0 Å². The van der Waals surface area contributed by atoms with Crippen LogP contribution >= 0.6 is 0 Å². The number of benzene rings is 2. The van der Waals surface area contributed by atoms with Crippen LogP contribution < -0.4 is 4.90 Å². The van der Waals surface area contributed by atoms with Crippen LogP contribution in [0.3, 0.4) is 0 Å². The molecule has 9 nitrogen and oxygen atoms in total. The van der Waals surface area contributed by atoms with E-state index in [1.165, 1.54) is 43.3 Å². The van der Waals surface area contributed by atoms with Crippen LogP contribution in [0.15, 0.2) is 53.7 Å². The Balaban J connectivity index is 1.64. The zero-order valence-corrected chi connectivity index (χ0v) is 14.6. The topological polar surface area (TPSA) is 119 Å². The van der Waals surface area contributed by atoms with Gasteiger partial charge in [-0.15, -0.1) is 0 Å². The second-order valence-corrected chi connectivity index (χ2v) is 6.40. The van der Waals surface area contributed by atoms with Crippen LogP contribution in [-0.4, -0.2) is 34.3 Å². The summed E-state index contributed by atoms with van der Waals surface area (Å²) in [5.74, 6) is -2.11. The highest BCUT2D eigenvalue weighted by molar-refractivity contribution is 6.32. The van der Waals surface area contributed by atoms with Gasteiger partial charge in [-0.25, -0.2) is 4.90 Å². The summed E-state index contributed by atoms with van der Waals surface area (Å²) in [4.78, 5) is 53.5. The number of nitrogens with zero attached hydrogens (tertiary/aromatic N) is 3. The van der Waals surface area contributed by atoms with Gasteiger partial charge in [0.1, 0.15) is 11.6 Å². The van der Waals surface area contributed by atoms with E-state index >= 15 is 0 Å². The Kier molecular flexibility index (Phi) is 3.99. The number of nitro benzene ring substituents is 1. The van der Waals surface area contributed by atoms with Gasteiger partial charge in [0.05, 0.1) is 10.6 Å². The van der Waals surface area contributed by atoms with Crippen molar-refractivity contribution >= 4 is 34.7 Å². The van der Waals surface area contributed by atoms with Crippen molar-refractivity contribution in [1.29, 1.82) is 0 Å². The van der Waals surface area contributed by atoms with E-state index in [0.717, 1.165) is 4.90 Å².